The molecule has 8 heteroatoms. The Morgan fingerprint density at radius 2 is 1.75 bits per heavy atom. The number of thioether (sulfide) groups is 1. The first-order valence-corrected chi connectivity index (χ1v) is 9.08. The summed E-state index contributed by atoms with van der Waals surface area (Å²) in [5, 5.41) is 2.10. The molecular weight excluding hydrogens is 380 g/mol. The Bertz CT molecular complexity index is 954. The molecule has 0 bridgehead atoms. The summed E-state index contributed by atoms with van der Waals surface area (Å²) in [4.78, 5) is 49.4. The lowest BCUT2D eigenvalue weighted by molar-refractivity contribution is -0.127. The van der Waals surface area contributed by atoms with E-state index in [-0.39, 0.29) is 4.91 Å². The maximum Gasteiger partial charge on any atom is 0.337 e. The molecule has 0 radical (unpaired) electrons. The minimum Gasteiger partial charge on any atom is -0.465 e. The monoisotopic (exact) mass is 396 g/mol. The molecule has 1 N–H and O–H groups in total. The van der Waals surface area contributed by atoms with E-state index in [9.17, 15) is 19.2 Å². The number of nitrogens with one attached hydrogen (secondary N) is 1. The Balaban J connectivity index is 1.64. The van der Waals surface area contributed by atoms with E-state index in [1.54, 1.807) is 6.08 Å². The highest BCUT2D eigenvalue weighted by Crippen LogP contribution is 2.32. The first kappa shape index (κ1) is 19.4. The Labute approximate surface area is 165 Å². The number of ether oxygens (including phenoxy) is 1. The van der Waals surface area contributed by atoms with E-state index < -0.39 is 29.6 Å². The standard InChI is InChI=1S/C20H16N2O5S/c1-27-19(25)14-7-9-15(10-8-14)21-17(23)12-22-18(24)16(28-20(22)26)11-13-5-3-2-4-6-13/h2-11H,12H2,1H3,(H,21,23)/b16-11+. The number of methoxy groups -OCH3 is 1. The van der Waals surface area contributed by atoms with Gasteiger partial charge in [-0.3, -0.25) is 19.3 Å². The zero-order valence-corrected chi connectivity index (χ0v) is 15.7. The minimum absolute atomic E-state index is 0.270. The molecule has 142 valence electrons. The zero-order chi connectivity index (χ0) is 20.1. The van der Waals surface area contributed by atoms with Gasteiger partial charge in [0.25, 0.3) is 11.1 Å². The molecule has 3 amide bonds. The van der Waals surface area contributed by atoms with Crippen LogP contribution in [0.25, 0.3) is 6.08 Å². The Morgan fingerprint density at radius 3 is 2.39 bits per heavy atom. The van der Waals surface area contributed by atoms with Gasteiger partial charge in [0.2, 0.25) is 5.91 Å². The summed E-state index contributed by atoms with van der Waals surface area (Å²) < 4.78 is 4.61. The van der Waals surface area contributed by atoms with Crippen LogP contribution in [0, 0.1) is 0 Å². The van der Waals surface area contributed by atoms with Crippen molar-refractivity contribution in [1.82, 2.24) is 4.90 Å². The molecule has 28 heavy (non-hydrogen) atoms. The lowest BCUT2D eigenvalue weighted by Gasteiger charge is -2.12. The fraction of sp³-hybridized carbons (Fsp3) is 0.100. The highest BCUT2D eigenvalue weighted by molar-refractivity contribution is 8.18. The van der Waals surface area contributed by atoms with E-state index in [2.05, 4.69) is 10.1 Å². The highest BCUT2D eigenvalue weighted by atomic mass is 32.2. The first-order chi connectivity index (χ1) is 13.5. The number of amides is 3. The molecule has 1 fully saturated rings. The number of esters is 1. The molecule has 1 aliphatic heterocycles. The summed E-state index contributed by atoms with van der Waals surface area (Å²) >= 11 is 0.800. The molecule has 1 saturated heterocycles. The molecule has 1 aliphatic rings. The molecule has 0 aromatic heterocycles. The average Bonchev–Trinajstić information content (AvgIpc) is 2.96. The molecule has 0 aliphatic carbocycles. The molecule has 0 atom stereocenters. The topological polar surface area (TPSA) is 92.8 Å². The number of anilines is 1. The maximum absolute atomic E-state index is 12.4. The second kappa shape index (κ2) is 8.53. The molecule has 2 aromatic rings. The van der Waals surface area contributed by atoms with Gasteiger partial charge in [0.05, 0.1) is 17.6 Å². The molecule has 7 nitrogen and oxygen atoms in total. The van der Waals surface area contributed by atoms with Gasteiger partial charge in [-0.05, 0) is 47.7 Å². The van der Waals surface area contributed by atoms with Crippen molar-refractivity contribution in [2.75, 3.05) is 19.0 Å². The number of imide groups is 1. The number of nitrogens with zero attached hydrogens (tertiary/aromatic N) is 1. The van der Waals surface area contributed by atoms with Crippen LogP contribution in [0.1, 0.15) is 15.9 Å². The Morgan fingerprint density at radius 1 is 1.07 bits per heavy atom. The summed E-state index contributed by atoms with van der Waals surface area (Å²) in [5.74, 6) is -1.51. The van der Waals surface area contributed by atoms with Gasteiger partial charge in [0, 0.05) is 5.69 Å². The lowest BCUT2D eigenvalue weighted by Crippen LogP contribution is -2.36. The number of carbonyl (C=O) groups is 4. The normalized spacial score (nSPS) is 15.0. The van der Waals surface area contributed by atoms with Gasteiger partial charge >= 0.3 is 5.97 Å². The summed E-state index contributed by atoms with van der Waals surface area (Å²) in [6, 6.07) is 15.2. The predicted molar refractivity (Wildman–Crippen MR) is 106 cm³/mol. The Kier molecular flexibility index (Phi) is 5.90. The molecule has 2 aromatic carbocycles. The van der Waals surface area contributed by atoms with Crippen molar-refractivity contribution in [2.24, 2.45) is 0 Å². The fourth-order valence-corrected chi connectivity index (χ4v) is 3.33. The van der Waals surface area contributed by atoms with Gasteiger partial charge < -0.3 is 10.1 Å². The molecule has 3 rings (SSSR count). The van der Waals surface area contributed by atoms with Crippen molar-refractivity contribution in [1.29, 1.82) is 0 Å². The van der Waals surface area contributed by atoms with Crippen molar-refractivity contribution in [3.63, 3.8) is 0 Å². The molecule has 0 unspecified atom stereocenters. The third-order valence-electron chi connectivity index (χ3n) is 3.86. The second-order valence-corrected chi connectivity index (χ2v) is 6.79. The van der Waals surface area contributed by atoms with Crippen LogP contribution in [0.2, 0.25) is 0 Å². The smallest absolute Gasteiger partial charge is 0.337 e. The van der Waals surface area contributed by atoms with E-state index in [0.717, 1.165) is 22.2 Å². The lowest BCUT2D eigenvalue weighted by atomic mass is 10.2. The van der Waals surface area contributed by atoms with Gasteiger partial charge in [-0.1, -0.05) is 30.3 Å². The summed E-state index contributed by atoms with van der Waals surface area (Å²) in [6.07, 6.45) is 1.62. The summed E-state index contributed by atoms with van der Waals surface area (Å²) in [6.45, 7) is -0.393. The van der Waals surface area contributed by atoms with Crippen molar-refractivity contribution < 1.29 is 23.9 Å². The number of benzene rings is 2. The summed E-state index contributed by atoms with van der Waals surface area (Å²) in [5.41, 5.74) is 1.57. The van der Waals surface area contributed by atoms with E-state index in [0.29, 0.717) is 11.3 Å². The van der Waals surface area contributed by atoms with Crippen molar-refractivity contribution in [3.8, 4) is 0 Å². The third-order valence-corrected chi connectivity index (χ3v) is 4.77. The number of hydrogen-bond donors (Lipinski definition) is 1. The second-order valence-electron chi connectivity index (χ2n) is 5.80. The highest BCUT2D eigenvalue weighted by Gasteiger charge is 2.36. The van der Waals surface area contributed by atoms with Gasteiger partial charge in [-0.15, -0.1) is 0 Å². The van der Waals surface area contributed by atoms with Crippen molar-refractivity contribution in [3.05, 3.63) is 70.6 Å². The average molecular weight is 396 g/mol. The van der Waals surface area contributed by atoms with Gasteiger partial charge in [-0.2, -0.15) is 0 Å². The SMILES string of the molecule is COC(=O)c1ccc(NC(=O)CN2C(=O)S/C(=C/c3ccccc3)C2=O)cc1. The van der Waals surface area contributed by atoms with Crippen LogP contribution in [0.4, 0.5) is 10.5 Å². The zero-order valence-electron chi connectivity index (χ0n) is 14.9. The van der Waals surface area contributed by atoms with Gasteiger partial charge in [0.1, 0.15) is 6.54 Å². The molecular formula is C20H16N2O5S. The van der Waals surface area contributed by atoms with Crippen LogP contribution in [0.5, 0.6) is 0 Å². The van der Waals surface area contributed by atoms with Gasteiger partial charge in [0.15, 0.2) is 0 Å². The van der Waals surface area contributed by atoms with Crippen LogP contribution in [-0.2, 0) is 14.3 Å². The van der Waals surface area contributed by atoms with E-state index in [1.165, 1.54) is 31.4 Å². The summed E-state index contributed by atoms with van der Waals surface area (Å²) in [7, 11) is 1.28. The molecule has 0 saturated carbocycles. The first-order valence-electron chi connectivity index (χ1n) is 8.26. The predicted octanol–water partition coefficient (Wildman–Crippen LogP) is 3.15. The maximum atomic E-state index is 12.4. The number of hydrogen-bond acceptors (Lipinski definition) is 6. The minimum atomic E-state index is -0.519. The third kappa shape index (κ3) is 4.47. The van der Waals surface area contributed by atoms with Crippen LogP contribution >= 0.6 is 11.8 Å². The van der Waals surface area contributed by atoms with Crippen molar-refractivity contribution in [2.45, 2.75) is 0 Å². The van der Waals surface area contributed by atoms with Crippen LogP contribution in [-0.4, -0.2) is 41.6 Å². The van der Waals surface area contributed by atoms with E-state index in [1.807, 2.05) is 30.3 Å². The quantitative estimate of drug-likeness (QED) is 0.617. The largest absolute Gasteiger partial charge is 0.465 e. The van der Waals surface area contributed by atoms with Crippen molar-refractivity contribution >= 4 is 46.5 Å². The Hall–Kier alpha value is -3.39. The van der Waals surface area contributed by atoms with E-state index in [4.69, 9.17) is 0 Å². The van der Waals surface area contributed by atoms with Crippen LogP contribution in [0.3, 0.4) is 0 Å². The molecule has 0 spiro atoms. The van der Waals surface area contributed by atoms with Gasteiger partial charge in [-0.25, -0.2) is 4.79 Å². The van der Waals surface area contributed by atoms with Crippen LogP contribution in [0.15, 0.2) is 59.5 Å². The molecule has 1 heterocycles. The van der Waals surface area contributed by atoms with Crippen LogP contribution < -0.4 is 5.32 Å². The number of carbonyl (C=O) groups excluding carboxylic acids is 4. The van der Waals surface area contributed by atoms with E-state index >= 15 is 0 Å². The number of rotatable bonds is 5. The fourth-order valence-electron chi connectivity index (χ4n) is 2.49.